The molecular formula is C18H21BrN4O. The molecule has 0 spiro atoms. The molecule has 1 N–H and O–H groups in total. The molecule has 1 amide bonds. The van der Waals surface area contributed by atoms with Crippen molar-refractivity contribution in [1.82, 2.24) is 9.97 Å². The van der Waals surface area contributed by atoms with Gasteiger partial charge in [-0.15, -0.1) is 0 Å². The third kappa shape index (κ3) is 3.93. The maximum absolute atomic E-state index is 12.5. The van der Waals surface area contributed by atoms with Crippen LogP contribution in [0.25, 0.3) is 0 Å². The summed E-state index contributed by atoms with van der Waals surface area (Å²) in [7, 11) is 0. The van der Waals surface area contributed by atoms with E-state index in [1.54, 1.807) is 6.20 Å². The highest BCUT2D eigenvalue weighted by molar-refractivity contribution is 9.10. The normalized spacial score (nSPS) is 15.4. The van der Waals surface area contributed by atoms with Crippen molar-refractivity contribution in [3.8, 4) is 0 Å². The first kappa shape index (κ1) is 16.9. The summed E-state index contributed by atoms with van der Waals surface area (Å²) in [5, 5.41) is 3.06. The number of anilines is 2. The summed E-state index contributed by atoms with van der Waals surface area (Å²) in [5.41, 5.74) is 2.90. The first-order valence-corrected chi connectivity index (χ1v) is 8.94. The number of amides is 1. The quantitative estimate of drug-likeness (QED) is 0.870. The first-order valence-electron chi connectivity index (χ1n) is 8.14. The van der Waals surface area contributed by atoms with Crippen molar-refractivity contribution in [1.29, 1.82) is 0 Å². The molecule has 6 heteroatoms. The van der Waals surface area contributed by atoms with Gasteiger partial charge in [-0.1, -0.05) is 15.9 Å². The van der Waals surface area contributed by atoms with Gasteiger partial charge in [-0.05, 0) is 56.5 Å². The number of nitrogens with one attached hydrogen (secondary N) is 1. The molecule has 0 bridgehead atoms. The second-order valence-corrected chi connectivity index (χ2v) is 7.12. The largest absolute Gasteiger partial charge is 0.341 e. The maximum atomic E-state index is 12.5. The lowest BCUT2D eigenvalue weighted by atomic mass is 9.96. The number of hydrogen-bond donors (Lipinski definition) is 1. The van der Waals surface area contributed by atoms with E-state index in [2.05, 4.69) is 36.1 Å². The maximum Gasteiger partial charge on any atom is 0.227 e. The van der Waals surface area contributed by atoms with Crippen LogP contribution in [-0.2, 0) is 4.79 Å². The van der Waals surface area contributed by atoms with E-state index >= 15 is 0 Å². The van der Waals surface area contributed by atoms with Crippen molar-refractivity contribution >= 4 is 33.5 Å². The Labute approximate surface area is 150 Å². The summed E-state index contributed by atoms with van der Waals surface area (Å²) in [6, 6.07) is 7.78. The minimum atomic E-state index is 0.0362. The highest BCUT2D eigenvalue weighted by Gasteiger charge is 2.26. The average molecular weight is 389 g/mol. The molecule has 1 aromatic carbocycles. The minimum absolute atomic E-state index is 0.0362. The number of carbonyl (C=O) groups is 1. The second-order valence-electron chi connectivity index (χ2n) is 6.21. The Balaban J connectivity index is 1.59. The molecule has 2 heterocycles. The number of halogens is 1. The van der Waals surface area contributed by atoms with Crippen LogP contribution in [0.4, 0.5) is 11.6 Å². The molecule has 1 aliphatic heterocycles. The lowest BCUT2D eigenvalue weighted by Gasteiger charge is -2.31. The van der Waals surface area contributed by atoms with E-state index in [1.165, 1.54) is 0 Å². The van der Waals surface area contributed by atoms with Crippen molar-refractivity contribution in [2.75, 3.05) is 23.3 Å². The van der Waals surface area contributed by atoms with Gasteiger partial charge >= 0.3 is 0 Å². The van der Waals surface area contributed by atoms with E-state index in [0.717, 1.165) is 53.3 Å². The van der Waals surface area contributed by atoms with Crippen LogP contribution in [0, 0.1) is 19.8 Å². The van der Waals surface area contributed by atoms with Crippen molar-refractivity contribution in [3.63, 3.8) is 0 Å². The molecule has 1 saturated heterocycles. The van der Waals surface area contributed by atoms with E-state index in [0.29, 0.717) is 0 Å². The van der Waals surface area contributed by atoms with Crippen molar-refractivity contribution in [2.45, 2.75) is 26.7 Å². The molecule has 0 saturated carbocycles. The molecule has 5 nitrogen and oxygen atoms in total. The first-order chi connectivity index (χ1) is 11.5. The van der Waals surface area contributed by atoms with E-state index in [-0.39, 0.29) is 11.8 Å². The van der Waals surface area contributed by atoms with E-state index in [1.807, 2.05) is 38.1 Å². The number of benzene rings is 1. The molecule has 0 aliphatic carbocycles. The molecule has 1 aliphatic rings. The predicted octanol–water partition coefficient (Wildman–Crippen LogP) is 3.71. The predicted molar refractivity (Wildman–Crippen MR) is 99.2 cm³/mol. The minimum Gasteiger partial charge on any atom is -0.341 e. The Hall–Kier alpha value is -1.95. The second kappa shape index (κ2) is 7.30. The summed E-state index contributed by atoms with van der Waals surface area (Å²) in [5.74, 6) is 0.900. The van der Waals surface area contributed by atoms with Gasteiger partial charge in [0.15, 0.2) is 0 Å². The standard InChI is InChI=1S/C18H21BrN4O/c1-12-11-15(19)3-4-16(12)22-17(24)14-6-9-23(10-7-14)18-20-8-5-13(2)21-18/h3-5,8,11,14H,6-7,9-10H2,1-2H3,(H,22,24). The number of aryl methyl sites for hydroxylation is 2. The van der Waals surface area contributed by atoms with Crippen molar-refractivity contribution in [2.24, 2.45) is 5.92 Å². The van der Waals surface area contributed by atoms with Crippen LogP contribution in [0.2, 0.25) is 0 Å². The zero-order valence-electron chi connectivity index (χ0n) is 13.9. The Morgan fingerprint density at radius 1 is 1.25 bits per heavy atom. The summed E-state index contributed by atoms with van der Waals surface area (Å²) in [6.45, 7) is 5.58. The third-order valence-corrected chi connectivity index (χ3v) is 4.87. The number of hydrogen-bond acceptors (Lipinski definition) is 4. The number of piperidine rings is 1. The van der Waals surface area contributed by atoms with Gasteiger partial charge in [-0.2, -0.15) is 0 Å². The molecule has 0 atom stereocenters. The van der Waals surface area contributed by atoms with Crippen LogP contribution >= 0.6 is 15.9 Å². The van der Waals surface area contributed by atoms with Crippen LogP contribution in [0.1, 0.15) is 24.1 Å². The molecule has 24 heavy (non-hydrogen) atoms. The van der Waals surface area contributed by atoms with Gasteiger partial charge in [0.25, 0.3) is 0 Å². The van der Waals surface area contributed by atoms with Crippen LogP contribution in [0.3, 0.4) is 0 Å². The Morgan fingerprint density at radius 3 is 2.67 bits per heavy atom. The van der Waals surface area contributed by atoms with Crippen molar-refractivity contribution < 1.29 is 4.79 Å². The zero-order valence-corrected chi connectivity index (χ0v) is 15.5. The van der Waals surface area contributed by atoms with Crippen molar-refractivity contribution in [3.05, 3.63) is 46.2 Å². The molecule has 3 rings (SSSR count). The number of aromatic nitrogens is 2. The number of rotatable bonds is 3. The summed E-state index contributed by atoms with van der Waals surface area (Å²) < 4.78 is 1.02. The fourth-order valence-electron chi connectivity index (χ4n) is 2.93. The van der Waals surface area contributed by atoms with E-state index in [4.69, 9.17) is 0 Å². The topological polar surface area (TPSA) is 58.1 Å². The monoisotopic (exact) mass is 388 g/mol. The summed E-state index contributed by atoms with van der Waals surface area (Å²) >= 11 is 3.44. The molecule has 0 radical (unpaired) electrons. The lowest BCUT2D eigenvalue weighted by molar-refractivity contribution is -0.120. The SMILES string of the molecule is Cc1ccnc(N2CCC(C(=O)Nc3ccc(Br)cc3C)CC2)n1. The van der Waals surface area contributed by atoms with Gasteiger partial charge in [0.1, 0.15) is 0 Å². The zero-order chi connectivity index (χ0) is 17.1. The van der Waals surface area contributed by atoms with Crippen LogP contribution in [0.15, 0.2) is 34.9 Å². The molecule has 1 aromatic heterocycles. The fourth-order valence-corrected chi connectivity index (χ4v) is 3.41. The Morgan fingerprint density at radius 2 is 2.00 bits per heavy atom. The van der Waals surface area contributed by atoms with E-state index in [9.17, 15) is 4.79 Å². The van der Waals surface area contributed by atoms with Crippen LogP contribution in [-0.4, -0.2) is 29.0 Å². The molecule has 0 unspecified atom stereocenters. The number of carbonyl (C=O) groups excluding carboxylic acids is 1. The van der Waals surface area contributed by atoms with Gasteiger partial charge < -0.3 is 10.2 Å². The van der Waals surface area contributed by atoms with Gasteiger partial charge in [-0.3, -0.25) is 4.79 Å². The highest BCUT2D eigenvalue weighted by Crippen LogP contribution is 2.24. The van der Waals surface area contributed by atoms with Gasteiger partial charge in [-0.25, -0.2) is 9.97 Å². The molecular weight excluding hydrogens is 368 g/mol. The molecule has 126 valence electrons. The third-order valence-electron chi connectivity index (χ3n) is 4.38. The smallest absolute Gasteiger partial charge is 0.227 e. The number of nitrogens with zero attached hydrogens (tertiary/aromatic N) is 3. The van der Waals surface area contributed by atoms with Gasteiger partial charge in [0.2, 0.25) is 11.9 Å². The average Bonchev–Trinajstić information content (AvgIpc) is 2.57. The summed E-state index contributed by atoms with van der Waals surface area (Å²) in [4.78, 5) is 23.5. The molecule has 1 fully saturated rings. The van der Waals surface area contributed by atoms with Crippen LogP contribution in [0.5, 0.6) is 0 Å². The Kier molecular flexibility index (Phi) is 5.14. The molecule has 2 aromatic rings. The fraction of sp³-hybridized carbons (Fsp3) is 0.389. The highest BCUT2D eigenvalue weighted by atomic mass is 79.9. The Bertz CT molecular complexity index is 742. The van der Waals surface area contributed by atoms with Gasteiger partial charge in [0.05, 0.1) is 0 Å². The van der Waals surface area contributed by atoms with E-state index < -0.39 is 0 Å². The van der Waals surface area contributed by atoms with Gasteiger partial charge in [0, 0.05) is 41.1 Å². The van der Waals surface area contributed by atoms with Crippen LogP contribution < -0.4 is 10.2 Å². The summed E-state index contributed by atoms with van der Waals surface area (Å²) in [6.07, 6.45) is 3.42. The lowest BCUT2D eigenvalue weighted by Crippen LogP contribution is -2.39.